The van der Waals surface area contributed by atoms with Crippen LogP contribution in [0.15, 0.2) is 24.3 Å². The predicted octanol–water partition coefficient (Wildman–Crippen LogP) is 2.73. The van der Waals surface area contributed by atoms with E-state index in [0.717, 1.165) is 0 Å². The van der Waals surface area contributed by atoms with Crippen LogP contribution in [-0.2, 0) is 9.53 Å². The van der Waals surface area contributed by atoms with Crippen LogP contribution in [0.2, 0.25) is 5.02 Å². The molecule has 0 aromatic heterocycles. The van der Waals surface area contributed by atoms with E-state index in [9.17, 15) is 9.59 Å². The third kappa shape index (κ3) is 3.51. The smallest absolute Gasteiger partial charge is 0.330 e. The summed E-state index contributed by atoms with van der Waals surface area (Å²) < 4.78 is 4.72. The van der Waals surface area contributed by atoms with E-state index in [2.05, 4.69) is 0 Å². The van der Waals surface area contributed by atoms with E-state index < -0.39 is 5.97 Å². The van der Waals surface area contributed by atoms with Gasteiger partial charge in [-0.2, -0.15) is 0 Å². The average molecular weight is 239 g/mol. The number of carbonyl (C=O) groups excluding carboxylic acids is 2. The van der Waals surface area contributed by atoms with E-state index in [-0.39, 0.29) is 0 Å². The molecule has 1 rings (SSSR count). The summed E-state index contributed by atoms with van der Waals surface area (Å²) in [6.45, 7) is 2.04. The Kier molecular flexibility index (Phi) is 4.73. The molecule has 0 saturated heterocycles. The first-order chi connectivity index (χ1) is 7.67. The molecule has 0 amide bonds. The second kappa shape index (κ2) is 6.08. The fourth-order valence-corrected chi connectivity index (χ4v) is 1.33. The molecule has 3 nitrogen and oxygen atoms in total. The zero-order valence-electron chi connectivity index (χ0n) is 8.77. The summed E-state index contributed by atoms with van der Waals surface area (Å²) >= 11 is 5.78. The van der Waals surface area contributed by atoms with Crippen molar-refractivity contribution >= 4 is 29.9 Å². The van der Waals surface area contributed by atoms with Gasteiger partial charge in [0.05, 0.1) is 6.61 Å². The second-order valence-electron chi connectivity index (χ2n) is 2.98. The number of rotatable bonds is 4. The molecule has 0 aliphatic rings. The molecule has 16 heavy (non-hydrogen) atoms. The quantitative estimate of drug-likeness (QED) is 0.460. The maximum absolute atomic E-state index is 11.1. The fourth-order valence-electron chi connectivity index (χ4n) is 1.15. The van der Waals surface area contributed by atoms with Crippen molar-refractivity contribution in [3.63, 3.8) is 0 Å². The van der Waals surface area contributed by atoms with Gasteiger partial charge in [-0.15, -0.1) is 0 Å². The summed E-state index contributed by atoms with van der Waals surface area (Å²) in [7, 11) is 0. The van der Waals surface area contributed by atoms with Gasteiger partial charge >= 0.3 is 5.97 Å². The summed E-state index contributed by atoms with van der Waals surface area (Å²) in [5.74, 6) is -0.445. The Hall–Kier alpha value is -1.61. The molecule has 0 aliphatic carbocycles. The number of ether oxygens (including phenoxy) is 1. The lowest BCUT2D eigenvalue weighted by atomic mass is 10.1. The average Bonchev–Trinajstić information content (AvgIpc) is 2.27. The molecule has 4 heteroatoms. The van der Waals surface area contributed by atoms with Gasteiger partial charge < -0.3 is 4.74 Å². The first-order valence-corrected chi connectivity index (χ1v) is 5.14. The van der Waals surface area contributed by atoms with Crippen molar-refractivity contribution in [2.45, 2.75) is 6.92 Å². The molecule has 0 N–H and O–H groups in total. The molecular weight excluding hydrogens is 228 g/mol. The third-order valence-corrected chi connectivity index (χ3v) is 2.10. The Labute approximate surface area is 98.7 Å². The Morgan fingerprint density at radius 3 is 2.81 bits per heavy atom. The number of hydrogen-bond acceptors (Lipinski definition) is 3. The van der Waals surface area contributed by atoms with Gasteiger partial charge in [0.2, 0.25) is 0 Å². The second-order valence-corrected chi connectivity index (χ2v) is 3.41. The highest BCUT2D eigenvalue weighted by Gasteiger charge is 2.00. The third-order valence-electron chi connectivity index (χ3n) is 1.86. The summed E-state index contributed by atoms with van der Waals surface area (Å²) in [4.78, 5) is 21.8. The van der Waals surface area contributed by atoms with Crippen LogP contribution in [0.3, 0.4) is 0 Å². The standard InChI is InChI=1S/C12H11ClO3/c1-2-16-12(15)6-4-9-7-11(13)5-3-10(9)8-14/h3-8H,2H2,1H3. The number of hydrogen-bond donors (Lipinski definition) is 0. The Balaban J connectivity index is 2.91. The van der Waals surface area contributed by atoms with Crippen molar-refractivity contribution in [3.8, 4) is 0 Å². The van der Waals surface area contributed by atoms with E-state index in [1.807, 2.05) is 0 Å². The molecule has 0 bridgehead atoms. The molecule has 0 radical (unpaired) electrons. The van der Waals surface area contributed by atoms with Gasteiger partial charge in [0.1, 0.15) is 0 Å². The van der Waals surface area contributed by atoms with Crippen LogP contribution in [0.25, 0.3) is 6.08 Å². The van der Waals surface area contributed by atoms with Crippen LogP contribution in [-0.4, -0.2) is 18.9 Å². The molecule has 0 saturated carbocycles. The van der Waals surface area contributed by atoms with Crippen molar-refractivity contribution in [1.29, 1.82) is 0 Å². The zero-order chi connectivity index (χ0) is 12.0. The Morgan fingerprint density at radius 2 is 2.19 bits per heavy atom. The maximum atomic E-state index is 11.1. The van der Waals surface area contributed by atoms with Gasteiger partial charge in [-0.25, -0.2) is 4.79 Å². The number of benzene rings is 1. The van der Waals surface area contributed by atoms with Gasteiger partial charge in [0.25, 0.3) is 0 Å². The maximum Gasteiger partial charge on any atom is 0.330 e. The van der Waals surface area contributed by atoms with Crippen LogP contribution in [0.1, 0.15) is 22.8 Å². The van der Waals surface area contributed by atoms with Crippen molar-refractivity contribution in [3.05, 3.63) is 40.4 Å². The van der Waals surface area contributed by atoms with E-state index in [4.69, 9.17) is 16.3 Å². The van der Waals surface area contributed by atoms with E-state index in [0.29, 0.717) is 29.0 Å². The molecule has 0 unspecified atom stereocenters. The predicted molar refractivity (Wildman–Crippen MR) is 62.5 cm³/mol. The van der Waals surface area contributed by atoms with Crippen LogP contribution < -0.4 is 0 Å². The summed E-state index contributed by atoms with van der Waals surface area (Å²) in [6.07, 6.45) is 3.48. The minimum Gasteiger partial charge on any atom is -0.463 e. The van der Waals surface area contributed by atoms with E-state index in [1.165, 1.54) is 12.2 Å². The first kappa shape index (κ1) is 12.5. The highest BCUT2D eigenvalue weighted by atomic mass is 35.5. The Morgan fingerprint density at radius 1 is 1.44 bits per heavy atom. The van der Waals surface area contributed by atoms with Crippen LogP contribution in [0.4, 0.5) is 0 Å². The van der Waals surface area contributed by atoms with Crippen molar-refractivity contribution < 1.29 is 14.3 Å². The molecule has 0 fully saturated rings. The SMILES string of the molecule is CCOC(=O)C=Cc1cc(Cl)ccc1C=O. The lowest BCUT2D eigenvalue weighted by Gasteiger charge is -1.99. The molecule has 0 heterocycles. The van der Waals surface area contributed by atoms with Gasteiger partial charge in [0.15, 0.2) is 6.29 Å². The highest BCUT2D eigenvalue weighted by Crippen LogP contribution is 2.16. The lowest BCUT2D eigenvalue weighted by molar-refractivity contribution is -0.137. The fraction of sp³-hybridized carbons (Fsp3) is 0.167. The highest BCUT2D eigenvalue weighted by molar-refractivity contribution is 6.30. The minimum absolute atomic E-state index is 0.319. The molecule has 84 valence electrons. The Bertz CT molecular complexity index is 424. The van der Waals surface area contributed by atoms with Gasteiger partial charge in [-0.05, 0) is 36.8 Å². The van der Waals surface area contributed by atoms with E-state index in [1.54, 1.807) is 25.1 Å². The number of halogens is 1. The lowest BCUT2D eigenvalue weighted by Crippen LogP contribution is -1.99. The van der Waals surface area contributed by atoms with Crippen LogP contribution in [0, 0.1) is 0 Å². The normalized spacial score (nSPS) is 10.4. The molecule has 0 aliphatic heterocycles. The van der Waals surface area contributed by atoms with Crippen molar-refractivity contribution in [2.24, 2.45) is 0 Å². The van der Waals surface area contributed by atoms with Gasteiger partial charge in [-0.1, -0.05) is 11.6 Å². The van der Waals surface area contributed by atoms with E-state index >= 15 is 0 Å². The summed E-state index contributed by atoms with van der Waals surface area (Å²) in [5, 5.41) is 0.508. The molecule has 1 aromatic rings. The first-order valence-electron chi connectivity index (χ1n) is 4.77. The molecular formula is C12H11ClO3. The molecule has 0 spiro atoms. The van der Waals surface area contributed by atoms with Crippen LogP contribution >= 0.6 is 11.6 Å². The van der Waals surface area contributed by atoms with Gasteiger partial charge in [-0.3, -0.25) is 4.79 Å². The zero-order valence-corrected chi connectivity index (χ0v) is 9.53. The number of esters is 1. The number of aldehydes is 1. The molecule has 1 aromatic carbocycles. The van der Waals surface area contributed by atoms with Crippen LogP contribution in [0.5, 0.6) is 0 Å². The van der Waals surface area contributed by atoms with Crippen molar-refractivity contribution in [1.82, 2.24) is 0 Å². The van der Waals surface area contributed by atoms with Gasteiger partial charge in [0, 0.05) is 16.7 Å². The van der Waals surface area contributed by atoms with Crippen molar-refractivity contribution in [2.75, 3.05) is 6.61 Å². The summed E-state index contributed by atoms with van der Waals surface area (Å²) in [6, 6.07) is 4.83. The topological polar surface area (TPSA) is 43.4 Å². The molecule has 0 atom stereocenters. The summed E-state index contributed by atoms with van der Waals surface area (Å²) in [5.41, 5.74) is 1.07. The number of carbonyl (C=O) groups is 2. The monoisotopic (exact) mass is 238 g/mol. The largest absolute Gasteiger partial charge is 0.463 e. The minimum atomic E-state index is -0.445.